The van der Waals surface area contributed by atoms with Gasteiger partial charge in [0.25, 0.3) is 0 Å². The van der Waals surface area contributed by atoms with Crippen LogP contribution in [0.1, 0.15) is 22.3 Å². The lowest BCUT2D eigenvalue weighted by molar-refractivity contribution is -0.136. The van der Waals surface area contributed by atoms with E-state index in [1.54, 1.807) is 18.2 Å². The van der Waals surface area contributed by atoms with Crippen molar-refractivity contribution in [2.45, 2.75) is 19.1 Å². The van der Waals surface area contributed by atoms with Gasteiger partial charge in [-0.3, -0.25) is 4.98 Å². The summed E-state index contributed by atoms with van der Waals surface area (Å²) in [7, 11) is 0. The highest BCUT2D eigenvalue weighted by atomic mass is 79.9. The van der Waals surface area contributed by atoms with E-state index in [0.717, 1.165) is 32.9 Å². The second-order valence-electron chi connectivity index (χ2n) is 8.69. The number of para-hydroxylation sites is 1. The zero-order valence-electron chi connectivity index (χ0n) is 19.5. The third-order valence-electron chi connectivity index (χ3n) is 6.16. The number of fused-ring (bicyclic) bond motifs is 1. The van der Waals surface area contributed by atoms with E-state index in [2.05, 4.69) is 26.2 Å². The van der Waals surface area contributed by atoms with Gasteiger partial charge in [0.1, 0.15) is 5.82 Å². The standard InChI is InChI=1S/C30H21BrF4N2/c31-23-12-13-27(32)21(15-23)17-36-24-9-4-8-20(16-24)28-22(14-19-6-2-1-3-7-19)18-37-29-25(28)10-5-11-26(29)30(33,34)35/h1-13,15-16,18,36H,14,17H2. The summed E-state index contributed by atoms with van der Waals surface area (Å²) in [5, 5.41) is 3.66. The molecule has 0 aliphatic carbocycles. The number of halogens is 5. The molecule has 0 unspecified atom stereocenters. The molecular weight excluding hydrogens is 544 g/mol. The van der Waals surface area contributed by atoms with Crippen LogP contribution in [-0.4, -0.2) is 4.98 Å². The molecule has 5 rings (SSSR count). The first-order valence-electron chi connectivity index (χ1n) is 11.6. The molecule has 0 atom stereocenters. The van der Waals surface area contributed by atoms with Gasteiger partial charge in [-0.1, -0.05) is 70.5 Å². The van der Waals surface area contributed by atoms with Gasteiger partial charge in [-0.05, 0) is 65.1 Å². The van der Waals surface area contributed by atoms with Crippen LogP contribution < -0.4 is 5.32 Å². The monoisotopic (exact) mass is 564 g/mol. The van der Waals surface area contributed by atoms with Crippen molar-refractivity contribution in [3.63, 3.8) is 0 Å². The molecule has 0 saturated carbocycles. The van der Waals surface area contributed by atoms with Gasteiger partial charge in [0.2, 0.25) is 0 Å². The predicted molar refractivity (Wildman–Crippen MR) is 143 cm³/mol. The molecule has 0 aliphatic heterocycles. The zero-order valence-corrected chi connectivity index (χ0v) is 21.1. The summed E-state index contributed by atoms with van der Waals surface area (Å²) < 4.78 is 56.4. The van der Waals surface area contributed by atoms with Crippen LogP contribution in [0.5, 0.6) is 0 Å². The Bertz CT molecular complexity index is 1570. The normalized spacial score (nSPS) is 11.6. The van der Waals surface area contributed by atoms with Gasteiger partial charge >= 0.3 is 6.18 Å². The Kier molecular flexibility index (Phi) is 6.98. The fourth-order valence-corrected chi connectivity index (χ4v) is 4.85. The van der Waals surface area contributed by atoms with E-state index in [4.69, 9.17) is 0 Å². The van der Waals surface area contributed by atoms with E-state index < -0.39 is 11.7 Å². The molecular formula is C30H21BrF4N2. The van der Waals surface area contributed by atoms with Crippen LogP contribution >= 0.6 is 15.9 Å². The second kappa shape index (κ2) is 10.3. The molecule has 186 valence electrons. The van der Waals surface area contributed by atoms with Crippen LogP contribution in [0.3, 0.4) is 0 Å². The fourth-order valence-electron chi connectivity index (χ4n) is 4.44. The average molecular weight is 565 g/mol. The highest BCUT2D eigenvalue weighted by Crippen LogP contribution is 2.39. The van der Waals surface area contributed by atoms with E-state index in [1.165, 1.54) is 18.3 Å². The van der Waals surface area contributed by atoms with Crippen molar-refractivity contribution >= 4 is 32.5 Å². The summed E-state index contributed by atoms with van der Waals surface area (Å²) in [5.41, 5.74) is 3.64. The lowest BCUT2D eigenvalue weighted by Crippen LogP contribution is -2.07. The van der Waals surface area contributed by atoms with Crippen molar-refractivity contribution in [2.24, 2.45) is 0 Å². The minimum atomic E-state index is -4.53. The molecule has 4 aromatic carbocycles. The van der Waals surface area contributed by atoms with Crippen LogP contribution in [0.25, 0.3) is 22.0 Å². The van der Waals surface area contributed by atoms with Crippen molar-refractivity contribution in [1.82, 2.24) is 4.98 Å². The Morgan fingerprint density at radius 3 is 2.38 bits per heavy atom. The van der Waals surface area contributed by atoms with Crippen LogP contribution in [0.2, 0.25) is 0 Å². The molecule has 1 N–H and O–H groups in total. The molecule has 0 aliphatic rings. The summed E-state index contributed by atoms with van der Waals surface area (Å²) >= 11 is 3.36. The molecule has 0 amide bonds. The first-order chi connectivity index (χ1) is 17.8. The summed E-state index contributed by atoms with van der Waals surface area (Å²) in [4.78, 5) is 4.26. The lowest BCUT2D eigenvalue weighted by atomic mass is 9.91. The average Bonchev–Trinajstić information content (AvgIpc) is 2.89. The van der Waals surface area contributed by atoms with E-state index in [0.29, 0.717) is 22.9 Å². The van der Waals surface area contributed by atoms with E-state index in [-0.39, 0.29) is 17.9 Å². The number of nitrogens with zero attached hydrogens (tertiary/aromatic N) is 1. The lowest BCUT2D eigenvalue weighted by Gasteiger charge is -2.17. The Balaban J connectivity index is 1.60. The van der Waals surface area contributed by atoms with Gasteiger partial charge in [-0.2, -0.15) is 13.2 Å². The van der Waals surface area contributed by atoms with Gasteiger partial charge < -0.3 is 5.32 Å². The molecule has 5 aromatic rings. The number of benzene rings is 4. The zero-order chi connectivity index (χ0) is 26.0. The largest absolute Gasteiger partial charge is 0.418 e. The van der Waals surface area contributed by atoms with E-state index in [1.807, 2.05) is 54.6 Å². The molecule has 0 fully saturated rings. The van der Waals surface area contributed by atoms with Crippen LogP contribution in [-0.2, 0) is 19.1 Å². The van der Waals surface area contributed by atoms with Crippen LogP contribution in [0.15, 0.2) is 102 Å². The minimum Gasteiger partial charge on any atom is -0.381 e. The number of pyridine rings is 1. The molecule has 7 heteroatoms. The maximum atomic E-state index is 14.2. The maximum absolute atomic E-state index is 14.2. The van der Waals surface area contributed by atoms with Crippen LogP contribution in [0.4, 0.5) is 23.2 Å². The fraction of sp³-hybridized carbons (Fsp3) is 0.100. The molecule has 1 aromatic heterocycles. The Morgan fingerprint density at radius 1 is 0.811 bits per heavy atom. The number of nitrogens with one attached hydrogen (secondary N) is 1. The van der Waals surface area contributed by atoms with Crippen molar-refractivity contribution in [1.29, 1.82) is 0 Å². The minimum absolute atomic E-state index is 0.0867. The second-order valence-corrected chi connectivity index (χ2v) is 9.61. The number of hydrogen-bond acceptors (Lipinski definition) is 2. The Morgan fingerprint density at radius 2 is 1.59 bits per heavy atom. The quantitative estimate of drug-likeness (QED) is 0.208. The third kappa shape index (κ3) is 5.52. The number of hydrogen-bond donors (Lipinski definition) is 1. The highest BCUT2D eigenvalue weighted by molar-refractivity contribution is 9.10. The molecule has 0 saturated heterocycles. The maximum Gasteiger partial charge on any atom is 0.418 e. The summed E-state index contributed by atoms with van der Waals surface area (Å²) in [6.45, 7) is 0.251. The predicted octanol–water partition coefficient (Wildman–Crippen LogP) is 9.03. The number of alkyl halides is 3. The van der Waals surface area contributed by atoms with Gasteiger partial charge in [0.05, 0.1) is 11.1 Å². The smallest absolute Gasteiger partial charge is 0.381 e. The van der Waals surface area contributed by atoms with Gasteiger partial charge in [0, 0.05) is 33.9 Å². The van der Waals surface area contributed by atoms with Crippen molar-refractivity contribution < 1.29 is 17.6 Å². The topological polar surface area (TPSA) is 24.9 Å². The molecule has 2 nitrogen and oxygen atoms in total. The van der Waals surface area contributed by atoms with E-state index in [9.17, 15) is 17.6 Å². The molecule has 0 spiro atoms. The molecule has 0 bridgehead atoms. The van der Waals surface area contributed by atoms with Gasteiger partial charge in [0.15, 0.2) is 0 Å². The summed E-state index contributed by atoms with van der Waals surface area (Å²) in [5.74, 6) is -0.322. The first-order valence-corrected chi connectivity index (χ1v) is 12.4. The highest BCUT2D eigenvalue weighted by Gasteiger charge is 2.33. The Labute approximate surface area is 220 Å². The summed E-state index contributed by atoms with van der Waals surface area (Å²) in [6, 6.07) is 26.0. The van der Waals surface area contributed by atoms with Crippen molar-refractivity contribution in [3.8, 4) is 11.1 Å². The Hall–Kier alpha value is -3.71. The third-order valence-corrected chi connectivity index (χ3v) is 6.65. The number of anilines is 1. The molecule has 1 heterocycles. The van der Waals surface area contributed by atoms with E-state index >= 15 is 0 Å². The van der Waals surface area contributed by atoms with Crippen LogP contribution in [0, 0.1) is 5.82 Å². The number of rotatable bonds is 6. The van der Waals surface area contributed by atoms with Gasteiger partial charge in [-0.15, -0.1) is 0 Å². The SMILES string of the molecule is Fc1ccc(Br)cc1CNc1cccc(-c2c(Cc3ccccc3)cnc3c(C(F)(F)F)cccc23)c1. The van der Waals surface area contributed by atoms with Crippen molar-refractivity contribution in [2.75, 3.05) is 5.32 Å². The summed E-state index contributed by atoms with van der Waals surface area (Å²) in [6.07, 6.45) is -2.48. The van der Waals surface area contributed by atoms with Gasteiger partial charge in [-0.25, -0.2) is 4.39 Å². The number of aromatic nitrogens is 1. The first kappa shape index (κ1) is 25.0. The van der Waals surface area contributed by atoms with Crippen molar-refractivity contribution in [3.05, 3.63) is 130 Å². The molecule has 0 radical (unpaired) electrons. The molecule has 37 heavy (non-hydrogen) atoms.